The number of hydrogen-bond donors (Lipinski definition) is 1. The molecule has 0 fully saturated rings. The van der Waals surface area contributed by atoms with Crippen LogP contribution in [0.1, 0.15) is 18.9 Å². The second-order valence-electron chi connectivity index (χ2n) is 7.85. The fourth-order valence-corrected chi connectivity index (χ4v) is 5.36. The Kier molecular flexibility index (Phi) is 8.89. The van der Waals surface area contributed by atoms with E-state index in [0.717, 1.165) is 9.87 Å². The molecule has 184 valence electrons. The molecule has 0 aliphatic rings. The Morgan fingerprint density at radius 2 is 1.57 bits per heavy atom. The minimum Gasteiger partial charge on any atom is -0.357 e. The van der Waals surface area contributed by atoms with E-state index in [1.54, 1.807) is 43.3 Å². The molecule has 1 atom stereocenters. The molecule has 2 amide bonds. The van der Waals surface area contributed by atoms with Gasteiger partial charge in [0.25, 0.3) is 10.0 Å². The van der Waals surface area contributed by atoms with E-state index in [9.17, 15) is 18.0 Å². The lowest BCUT2D eigenvalue weighted by molar-refractivity contribution is -0.140. The van der Waals surface area contributed by atoms with E-state index in [4.69, 9.17) is 11.6 Å². The first-order valence-electron chi connectivity index (χ1n) is 11.2. The van der Waals surface area contributed by atoms with Crippen LogP contribution in [0.5, 0.6) is 0 Å². The van der Waals surface area contributed by atoms with Crippen molar-refractivity contribution in [2.45, 2.75) is 30.8 Å². The second-order valence-corrected chi connectivity index (χ2v) is 10.1. The number of halogens is 1. The molecule has 9 heteroatoms. The maximum atomic E-state index is 13.7. The number of rotatable bonds is 10. The van der Waals surface area contributed by atoms with Gasteiger partial charge in [-0.15, -0.1) is 0 Å². The average molecular weight is 514 g/mol. The fourth-order valence-electron chi connectivity index (χ4n) is 3.75. The Morgan fingerprint density at radius 1 is 0.943 bits per heavy atom. The lowest BCUT2D eigenvalue weighted by atomic mass is 10.1. The first kappa shape index (κ1) is 26.2. The molecule has 3 aromatic carbocycles. The zero-order valence-corrected chi connectivity index (χ0v) is 21.2. The summed E-state index contributed by atoms with van der Waals surface area (Å²) in [6.45, 7) is 1.46. The third kappa shape index (κ3) is 6.41. The van der Waals surface area contributed by atoms with Gasteiger partial charge in [0.05, 0.1) is 10.6 Å². The number of likely N-dealkylation sites (N-methyl/N-ethyl adjacent to an activating group) is 1. The third-order valence-electron chi connectivity index (χ3n) is 5.53. The van der Waals surface area contributed by atoms with Crippen LogP contribution in [0.4, 0.5) is 5.69 Å². The molecule has 0 aromatic heterocycles. The third-order valence-corrected chi connectivity index (χ3v) is 7.56. The van der Waals surface area contributed by atoms with E-state index >= 15 is 0 Å². The van der Waals surface area contributed by atoms with Crippen LogP contribution in [-0.4, -0.2) is 44.8 Å². The van der Waals surface area contributed by atoms with Gasteiger partial charge in [0.15, 0.2) is 0 Å². The molecule has 0 aliphatic heterocycles. The first-order chi connectivity index (χ1) is 16.8. The molecule has 1 N–H and O–H groups in total. The van der Waals surface area contributed by atoms with Gasteiger partial charge in [-0.05, 0) is 42.3 Å². The van der Waals surface area contributed by atoms with Gasteiger partial charge in [0, 0.05) is 18.6 Å². The van der Waals surface area contributed by atoms with E-state index in [0.29, 0.717) is 11.4 Å². The van der Waals surface area contributed by atoms with Gasteiger partial charge >= 0.3 is 0 Å². The van der Waals surface area contributed by atoms with E-state index in [1.165, 1.54) is 30.1 Å². The predicted molar refractivity (Wildman–Crippen MR) is 138 cm³/mol. The Hall–Kier alpha value is -3.36. The smallest absolute Gasteiger partial charge is 0.264 e. The van der Waals surface area contributed by atoms with Crippen molar-refractivity contribution in [2.24, 2.45) is 0 Å². The molecule has 0 bridgehead atoms. The van der Waals surface area contributed by atoms with Crippen molar-refractivity contribution in [1.82, 2.24) is 10.2 Å². The van der Waals surface area contributed by atoms with Gasteiger partial charge in [-0.25, -0.2) is 8.42 Å². The summed E-state index contributed by atoms with van der Waals surface area (Å²) in [5.74, 6) is -0.833. The first-order valence-corrected chi connectivity index (χ1v) is 13.0. The molecule has 3 aromatic rings. The number of nitrogens with one attached hydrogen (secondary N) is 1. The van der Waals surface area contributed by atoms with E-state index in [2.05, 4.69) is 5.32 Å². The van der Waals surface area contributed by atoms with Gasteiger partial charge in [-0.2, -0.15) is 0 Å². The average Bonchev–Trinajstić information content (AvgIpc) is 2.87. The van der Waals surface area contributed by atoms with Gasteiger partial charge in [-0.1, -0.05) is 73.1 Å². The Balaban J connectivity index is 2.04. The van der Waals surface area contributed by atoms with Crippen LogP contribution in [0.3, 0.4) is 0 Å². The van der Waals surface area contributed by atoms with Crippen molar-refractivity contribution in [2.75, 3.05) is 17.9 Å². The highest BCUT2D eigenvalue weighted by molar-refractivity contribution is 7.92. The highest BCUT2D eigenvalue weighted by atomic mass is 35.5. The fraction of sp³-hybridized carbons (Fsp3) is 0.231. The van der Waals surface area contributed by atoms with E-state index in [-0.39, 0.29) is 23.0 Å². The zero-order valence-electron chi connectivity index (χ0n) is 19.6. The number of benzene rings is 3. The number of amides is 2. The molecule has 3 rings (SSSR count). The molecule has 0 saturated heterocycles. The Bertz CT molecular complexity index is 1250. The van der Waals surface area contributed by atoms with Crippen molar-refractivity contribution in [1.29, 1.82) is 0 Å². The largest absolute Gasteiger partial charge is 0.357 e. The van der Waals surface area contributed by atoms with Crippen LogP contribution in [-0.2, 0) is 26.2 Å². The number of nitrogens with zero attached hydrogens (tertiary/aromatic N) is 2. The van der Waals surface area contributed by atoms with Crippen LogP contribution in [0.2, 0.25) is 5.02 Å². The minimum atomic E-state index is -4.10. The normalized spacial score (nSPS) is 12.0. The van der Waals surface area contributed by atoms with E-state index < -0.39 is 28.5 Å². The van der Waals surface area contributed by atoms with Crippen molar-refractivity contribution in [3.05, 3.63) is 95.5 Å². The zero-order chi connectivity index (χ0) is 25.4. The maximum Gasteiger partial charge on any atom is 0.264 e. The summed E-state index contributed by atoms with van der Waals surface area (Å²) in [6, 6.07) is 22.7. The molecule has 0 saturated carbocycles. The highest BCUT2D eigenvalue weighted by Crippen LogP contribution is 2.27. The summed E-state index contributed by atoms with van der Waals surface area (Å²) in [4.78, 5) is 27.8. The minimum absolute atomic E-state index is 0.0423. The molecular weight excluding hydrogens is 486 g/mol. The van der Waals surface area contributed by atoms with Crippen molar-refractivity contribution < 1.29 is 18.0 Å². The number of carbonyl (C=O) groups excluding carboxylic acids is 2. The summed E-state index contributed by atoms with van der Waals surface area (Å²) in [5, 5.41) is 2.94. The van der Waals surface area contributed by atoms with Crippen LogP contribution < -0.4 is 9.62 Å². The molecule has 0 aliphatic carbocycles. The lowest BCUT2D eigenvalue weighted by Crippen LogP contribution is -2.51. The molecule has 0 radical (unpaired) electrons. The Labute approximate surface area is 211 Å². The number of sulfonamides is 1. The van der Waals surface area contributed by atoms with Gasteiger partial charge in [0.2, 0.25) is 11.8 Å². The monoisotopic (exact) mass is 513 g/mol. The van der Waals surface area contributed by atoms with Gasteiger partial charge in [0.1, 0.15) is 12.6 Å². The summed E-state index contributed by atoms with van der Waals surface area (Å²) in [7, 11) is -2.60. The van der Waals surface area contributed by atoms with Crippen molar-refractivity contribution in [3.8, 4) is 0 Å². The van der Waals surface area contributed by atoms with Crippen molar-refractivity contribution in [3.63, 3.8) is 0 Å². The van der Waals surface area contributed by atoms with Crippen LogP contribution in [0.15, 0.2) is 89.8 Å². The van der Waals surface area contributed by atoms with Crippen LogP contribution >= 0.6 is 11.6 Å². The summed E-state index contributed by atoms with van der Waals surface area (Å²) in [5.41, 5.74) is 1.07. The lowest BCUT2D eigenvalue weighted by Gasteiger charge is -2.33. The number of anilines is 1. The molecule has 0 spiro atoms. The molecular formula is C26H28ClN3O4S. The molecule has 35 heavy (non-hydrogen) atoms. The van der Waals surface area contributed by atoms with Crippen LogP contribution in [0.25, 0.3) is 0 Å². The van der Waals surface area contributed by atoms with Gasteiger partial charge < -0.3 is 10.2 Å². The van der Waals surface area contributed by atoms with Crippen LogP contribution in [0, 0.1) is 0 Å². The predicted octanol–water partition coefficient (Wildman–Crippen LogP) is 4.09. The maximum absolute atomic E-state index is 13.7. The van der Waals surface area contributed by atoms with Crippen molar-refractivity contribution >= 4 is 39.1 Å². The summed E-state index contributed by atoms with van der Waals surface area (Å²) < 4.78 is 28.3. The SMILES string of the molecule is CC[C@H](C(=O)NC)N(Cc1ccccc1)C(=O)CN(c1cccc(Cl)c1)S(=O)(=O)c1ccccc1. The standard InChI is InChI=1S/C26H28ClN3O4S/c1-3-24(26(32)28-2)29(18-20-11-6-4-7-12-20)25(31)19-30(22-14-10-13-21(27)17-22)35(33,34)23-15-8-5-9-16-23/h4-17,24H,3,18-19H2,1-2H3,(H,28,32)/t24-/m1/s1. The van der Waals surface area contributed by atoms with Gasteiger partial charge in [-0.3, -0.25) is 13.9 Å². The summed E-state index contributed by atoms with van der Waals surface area (Å²) >= 11 is 6.15. The molecule has 0 heterocycles. The second kappa shape index (κ2) is 11.9. The number of hydrogen-bond acceptors (Lipinski definition) is 4. The highest BCUT2D eigenvalue weighted by Gasteiger charge is 2.33. The summed E-state index contributed by atoms with van der Waals surface area (Å²) in [6.07, 6.45) is 0.362. The quantitative estimate of drug-likeness (QED) is 0.442. The Morgan fingerprint density at radius 3 is 2.14 bits per heavy atom. The number of carbonyl (C=O) groups is 2. The topological polar surface area (TPSA) is 86.8 Å². The van der Waals surface area contributed by atoms with E-state index in [1.807, 2.05) is 30.3 Å². The molecule has 7 nitrogen and oxygen atoms in total. The molecule has 0 unspecified atom stereocenters.